The SMILES string of the molecule is CCN(CC)CCNC(=O)c1ccc(CNC(=O)C(C)(C)C)cc1. The number of rotatable bonds is 8. The molecule has 24 heavy (non-hydrogen) atoms. The highest BCUT2D eigenvalue weighted by Gasteiger charge is 2.20. The van der Waals surface area contributed by atoms with Gasteiger partial charge in [0.15, 0.2) is 0 Å². The zero-order chi connectivity index (χ0) is 18.2. The van der Waals surface area contributed by atoms with Crippen molar-refractivity contribution in [3.8, 4) is 0 Å². The van der Waals surface area contributed by atoms with Gasteiger partial charge in [-0.3, -0.25) is 9.59 Å². The maximum Gasteiger partial charge on any atom is 0.251 e. The van der Waals surface area contributed by atoms with Crippen molar-refractivity contribution in [2.45, 2.75) is 41.2 Å². The largest absolute Gasteiger partial charge is 0.352 e. The van der Waals surface area contributed by atoms with Crippen LogP contribution in [-0.2, 0) is 11.3 Å². The van der Waals surface area contributed by atoms with Gasteiger partial charge in [0.1, 0.15) is 0 Å². The molecule has 0 bridgehead atoms. The van der Waals surface area contributed by atoms with Gasteiger partial charge in [-0.15, -0.1) is 0 Å². The van der Waals surface area contributed by atoms with Crippen LogP contribution < -0.4 is 10.6 Å². The maximum absolute atomic E-state index is 12.1. The van der Waals surface area contributed by atoms with E-state index in [1.54, 1.807) is 12.1 Å². The van der Waals surface area contributed by atoms with E-state index >= 15 is 0 Å². The second-order valence-electron chi connectivity index (χ2n) is 6.91. The summed E-state index contributed by atoms with van der Waals surface area (Å²) < 4.78 is 0. The number of hydrogen-bond donors (Lipinski definition) is 2. The lowest BCUT2D eigenvalue weighted by Gasteiger charge is -2.18. The van der Waals surface area contributed by atoms with E-state index in [0.717, 1.165) is 25.2 Å². The molecule has 2 amide bonds. The summed E-state index contributed by atoms with van der Waals surface area (Å²) in [5.74, 6) is -0.0480. The predicted molar refractivity (Wildman–Crippen MR) is 97.9 cm³/mol. The molecule has 1 aromatic carbocycles. The van der Waals surface area contributed by atoms with E-state index in [-0.39, 0.29) is 11.8 Å². The van der Waals surface area contributed by atoms with Crippen LogP contribution in [0.25, 0.3) is 0 Å². The Kier molecular flexibility index (Phi) is 7.92. The quantitative estimate of drug-likeness (QED) is 0.768. The van der Waals surface area contributed by atoms with Gasteiger partial charge < -0.3 is 15.5 Å². The molecule has 0 aliphatic rings. The van der Waals surface area contributed by atoms with E-state index in [0.29, 0.717) is 18.7 Å². The Morgan fingerprint density at radius 2 is 1.58 bits per heavy atom. The standard InChI is InChI=1S/C19H31N3O2/c1-6-22(7-2)13-12-20-17(23)16-10-8-15(9-11-16)14-21-18(24)19(3,4)5/h8-11H,6-7,12-14H2,1-5H3,(H,20,23)(H,21,24). The second kappa shape index (κ2) is 9.42. The van der Waals surface area contributed by atoms with Crippen LogP contribution in [0.3, 0.4) is 0 Å². The van der Waals surface area contributed by atoms with Crippen molar-refractivity contribution in [1.82, 2.24) is 15.5 Å². The van der Waals surface area contributed by atoms with Crippen molar-refractivity contribution in [2.75, 3.05) is 26.2 Å². The summed E-state index contributed by atoms with van der Waals surface area (Å²) >= 11 is 0. The van der Waals surface area contributed by atoms with E-state index in [1.807, 2.05) is 32.9 Å². The molecule has 0 atom stereocenters. The first-order valence-electron chi connectivity index (χ1n) is 8.65. The number of likely N-dealkylation sites (N-methyl/N-ethyl adjacent to an activating group) is 1. The van der Waals surface area contributed by atoms with Crippen LogP contribution in [0.1, 0.15) is 50.5 Å². The van der Waals surface area contributed by atoms with Gasteiger partial charge in [-0.25, -0.2) is 0 Å². The summed E-state index contributed by atoms with van der Waals surface area (Å²) in [6.45, 7) is 13.8. The molecule has 0 aliphatic heterocycles. The Bertz CT molecular complexity index is 529. The highest BCUT2D eigenvalue weighted by Crippen LogP contribution is 2.13. The van der Waals surface area contributed by atoms with Gasteiger partial charge in [0.05, 0.1) is 0 Å². The van der Waals surface area contributed by atoms with Gasteiger partial charge in [0, 0.05) is 30.6 Å². The first kappa shape index (κ1) is 20.2. The minimum Gasteiger partial charge on any atom is -0.352 e. The highest BCUT2D eigenvalue weighted by atomic mass is 16.2. The van der Waals surface area contributed by atoms with Gasteiger partial charge in [0.2, 0.25) is 5.91 Å². The summed E-state index contributed by atoms with van der Waals surface area (Å²) in [5, 5.41) is 5.84. The van der Waals surface area contributed by atoms with E-state index < -0.39 is 5.41 Å². The molecule has 0 saturated heterocycles. The number of nitrogens with one attached hydrogen (secondary N) is 2. The fourth-order valence-electron chi connectivity index (χ4n) is 2.19. The molecular weight excluding hydrogens is 302 g/mol. The van der Waals surface area contributed by atoms with E-state index in [2.05, 4.69) is 29.4 Å². The molecule has 0 saturated carbocycles. The molecule has 0 aliphatic carbocycles. The van der Waals surface area contributed by atoms with Crippen molar-refractivity contribution >= 4 is 11.8 Å². The van der Waals surface area contributed by atoms with E-state index in [4.69, 9.17) is 0 Å². The van der Waals surface area contributed by atoms with Gasteiger partial charge in [-0.1, -0.05) is 46.8 Å². The Morgan fingerprint density at radius 1 is 1.00 bits per heavy atom. The fourth-order valence-corrected chi connectivity index (χ4v) is 2.19. The summed E-state index contributed by atoms with van der Waals surface area (Å²) in [7, 11) is 0. The monoisotopic (exact) mass is 333 g/mol. The van der Waals surface area contributed by atoms with Gasteiger partial charge >= 0.3 is 0 Å². The predicted octanol–water partition coefficient (Wildman–Crippen LogP) is 2.42. The first-order chi connectivity index (χ1) is 11.3. The van der Waals surface area contributed by atoms with Crippen LogP contribution in [0.5, 0.6) is 0 Å². The van der Waals surface area contributed by atoms with Crippen molar-refractivity contribution in [1.29, 1.82) is 0 Å². The van der Waals surface area contributed by atoms with Gasteiger partial charge in [-0.05, 0) is 30.8 Å². The molecule has 1 aromatic rings. The van der Waals surface area contributed by atoms with Crippen LogP contribution in [0.15, 0.2) is 24.3 Å². The molecule has 0 spiro atoms. The average molecular weight is 333 g/mol. The van der Waals surface area contributed by atoms with Crippen LogP contribution in [0.2, 0.25) is 0 Å². The third-order valence-electron chi connectivity index (χ3n) is 3.96. The smallest absolute Gasteiger partial charge is 0.251 e. The van der Waals surface area contributed by atoms with Crippen molar-refractivity contribution in [3.63, 3.8) is 0 Å². The topological polar surface area (TPSA) is 61.4 Å². The third-order valence-corrected chi connectivity index (χ3v) is 3.96. The number of carbonyl (C=O) groups is 2. The number of benzene rings is 1. The summed E-state index contributed by atoms with van der Waals surface area (Å²) in [5.41, 5.74) is 1.22. The third kappa shape index (κ3) is 6.71. The second-order valence-corrected chi connectivity index (χ2v) is 6.91. The molecule has 5 heteroatoms. The van der Waals surface area contributed by atoms with E-state index in [9.17, 15) is 9.59 Å². The molecule has 1 rings (SSSR count). The Hall–Kier alpha value is -1.88. The molecule has 0 unspecified atom stereocenters. The Balaban J connectivity index is 2.46. The van der Waals surface area contributed by atoms with Gasteiger partial charge in [-0.2, -0.15) is 0 Å². The van der Waals surface area contributed by atoms with Crippen molar-refractivity contribution < 1.29 is 9.59 Å². The Morgan fingerprint density at radius 3 is 2.08 bits per heavy atom. The van der Waals surface area contributed by atoms with Gasteiger partial charge in [0.25, 0.3) is 5.91 Å². The summed E-state index contributed by atoms with van der Waals surface area (Å²) in [6, 6.07) is 7.35. The minimum atomic E-state index is -0.398. The highest BCUT2D eigenvalue weighted by molar-refractivity contribution is 5.94. The average Bonchev–Trinajstić information content (AvgIpc) is 2.56. The molecular formula is C19H31N3O2. The van der Waals surface area contributed by atoms with E-state index in [1.165, 1.54) is 0 Å². The summed E-state index contributed by atoms with van der Waals surface area (Å²) in [4.78, 5) is 26.2. The van der Waals surface area contributed by atoms with Crippen LogP contribution in [-0.4, -0.2) is 42.9 Å². The number of carbonyl (C=O) groups excluding carboxylic acids is 2. The lowest BCUT2D eigenvalue weighted by molar-refractivity contribution is -0.128. The van der Waals surface area contributed by atoms with Crippen LogP contribution in [0.4, 0.5) is 0 Å². The Labute approximate surface area is 145 Å². The molecule has 134 valence electrons. The number of hydrogen-bond acceptors (Lipinski definition) is 3. The lowest BCUT2D eigenvalue weighted by Crippen LogP contribution is -2.35. The van der Waals surface area contributed by atoms with Crippen LogP contribution in [0, 0.1) is 5.41 Å². The molecule has 0 fully saturated rings. The molecule has 0 radical (unpaired) electrons. The normalized spacial score (nSPS) is 11.4. The number of amides is 2. The molecule has 0 heterocycles. The number of nitrogens with zero attached hydrogens (tertiary/aromatic N) is 1. The maximum atomic E-state index is 12.1. The first-order valence-corrected chi connectivity index (χ1v) is 8.65. The molecule has 2 N–H and O–H groups in total. The summed E-state index contributed by atoms with van der Waals surface area (Å²) in [6.07, 6.45) is 0. The van der Waals surface area contributed by atoms with Crippen molar-refractivity contribution in [2.24, 2.45) is 5.41 Å². The zero-order valence-electron chi connectivity index (χ0n) is 15.6. The molecule has 0 aromatic heterocycles. The fraction of sp³-hybridized carbons (Fsp3) is 0.579. The van der Waals surface area contributed by atoms with Crippen molar-refractivity contribution in [3.05, 3.63) is 35.4 Å². The van der Waals surface area contributed by atoms with Crippen LogP contribution >= 0.6 is 0 Å². The molecule has 5 nitrogen and oxygen atoms in total. The minimum absolute atomic E-state index is 0.0146. The zero-order valence-corrected chi connectivity index (χ0v) is 15.6. The lowest BCUT2D eigenvalue weighted by atomic mass is 9.95.